The van der Waals surface area contributed by atoms with E-state index >= 15 is 0 Å². The Balaban J connectivity index is 1.61. The van der Waals surface area contributed by atoms with Crippen LogP contribution in [0.3, 0.4) is 0 Å². The van der Waals surface area contributed by atoms with Crippen molar-refractivity contribution in [2.24, 2.45) is 0 Å². The smallest absolute Gasteiger partial charge is 0.253 e. The van der Waals surface area contributed by atoms with Gasteiger partial charge in [-0.3, -0.25) is 4.79 Å². The zero-order chi connectivity index (χ0) is 18.4. The zero-order valence-corrected chi connectivity index (χ0v) is 15.9. The van der Waals surface area contributed by atoms with Crippen molar-refractivity contribution in [2.45, 2.75) is 25.5 Å². The topological polar surface area (TPSA) is 51.2 Å². The summed E-state index contributed by atoms with van der Waals surface area (Å²) < 4.78 is 5.66. The fourth-order valence-electron chi connectivity index (χ4n) is 2.35. The molecule has 1 unspecified atom stereocenters. The summed E-state index contributed by atoms with van der Waals surface area (Å²) in [4.78, 5) is 16.8. The third-order valence-electron chi connectivity index (χ3n) is 3.78. The minimum atomic E-state index is -0.554. The highest BCUT2D eigenvalue weighted by atomic mass is 35.5. The molecule has 0 saturated heterocycles. The monoisotopic (exact) mass is 386 g/mol. The maximum absolute atomic E-state index is 12.4. The van der Waals surface area contributed by atoms with Crippen molar-refractivity contribution in [1.29, 1.82) is 0 Å². The van der Waals surface area contributed by atoms with E-state index in [-0.39, 0.29) is 5.91 Å². The van der Waals surface area contributed by atoms with Crippen LogP contribution < -0.4 is 5.32 Å². The van der Waals surface area contributed by atoms with Crippen molar-refractivity contribution in [3.8, 4) is 10.6 Å². The van der Waals surface area contributed by atoms with E-state index in [4.69, 9.17) is 16.3 Å². The van der Waals surface area contributed by atoms with Crippen molar-refractivity contribution in [1.82, 2.24) is 4.98 Å². The van der Waals surface area contributed by atoms with Gasteiger partial charge in [-0.1, -0.05) is 42.5 Å². The summed E-state index contributed by atoms with van der Waals surface area (Å²) in [5.74, 6) is 0.210. The van der Waals surface area contributed by atoms with Gasteiger partial charge in [-0.15, -0.1) is 22.9 Å². The number of alkyl halides is 1. The Kier molecular flexibility index (Phi) is 6.39. The second kappa shape index (κ2) is 8.94. The SMILES string of the molecule is CC(OCc1ccccc1)C(=O)Nc1cccc(-c2nc(CCl)cs2)c1. The quantitative estimate of drug-likeness (QED) is 0.575. The fourth-order valence-corrected chi connectivity index (χ4v) is 3.39. The van der Waals surface area contributed by atoms with Crippen LogP contribution in [-0.2, 0) is 22.0 Å². The molecule has 6 heteroatoms. The van der Waals surface area contributed by atoms with Crippen LogP contribution >= 0.6 is 22.9 Å². The molecule has 3 aromatic rings. The summed E-state index contributed by atoms with van der Waals surface area (Å²) in [6.07, 6.45) is -0.554. The predicted octanol–water partition coefficient (Wildman–Crippen LogP) is 5.09. The molecular formula is C20H19ClN2O2S. The second-order valence-electron chi connectivity index (χ2n) is 5.79. The van der Waals surface area contributed by atoms with Gasteiger partial charge < -0.3 is 10.1 Å². The van der Waals surface area contributed by atoms with Gasteiger partial charge in [-0.2, -0.15) is 0 Å². The van der Waals surface area contributed by atoms with Gasteiger partial charge in [0.15, 0.2) is 0 Å². The fraction of sp³-hybridized carbons (Fsp3) is 0.200. The molecule has 3 rings (SSSR count). The number of aromatic nitrogens is 1. The van der Waals surface area contributed by atoms with E-state index in [1.54, 1.807) is 6.92 Å². The summed E-state index contributed by atoms with van der Waals surface area (Å²) in [6, 6.07) is 17.4. The van der Waals surface area contributed by atoms with Gasteiger partial charge in [-0.25, -0.2) is 4.98 Å². The lowest BCUT2D eigenvalue weighted by molar-refractivity contribution is -0.127. The molecule has 2 aromatic carbocycles. The normalized spacial score (nSPS) is 11.9. The minimum Gasteiger partial charge on any atom is -0.364 e. The molecule has 0 bridgehead atoms. The minimum absolute atomic E-state index is 0.182. The largest absolute Gasteiger partial charge is 0.364 e. The molecule has 0 aliphatic rings. The molecule has 0 saturated carbocycles. The summed E-state index contributed by atoms with van der Waals surface area (Å²) >= 11 is 7.34. The first-order valence-electron chi connectivity index (χ1n) is 8.23. The van der Waals surface area contributed by atoms with Crippen molar-refractivity contribution in [2.75, 3.05) is 5.32 Å². The summed E-state index contributed by atoms with van der Waals surface area (Å²) in [6.45, 7) is 2.14. The van der Waals surface area contributed by atoms with E-state index < -0.39 is 6.10 Å². The van der Waals surface area contributed by atoms with Crippen LogP contribution in [-0.4, -0.2) is 17.0 Å². The van der Waals surface area contributed by atoms with Crippen molar-refractivity contribution in [3.63, 3.8) is 0 Å². The lowest BCUT2D eigenvalue weighted by Gasteiger charge is -2.14. The molecule has 1 atom stereocenters. The maximum Gasteiger partial charge on any atom is 0.253 e. The number of ether oxygens (including phenoxy) is 1. The number of hydrogen-bond donors (Lipinski definition) is 1. The number of anilines is 1. The Morgan fingerprint density at radius 2 is 2.04 bits per heavy atom. The average molecular weight is 387 g/mol. The molecule has 0 aliphatic heterocycles. The maximum atomic E-state index is 12.4. The highest BCUT2D eigenvalue weighted by Gasteiger charge is 2.14. The van der Waals surface area contributed by atoms with E-state index in [9.17, 15) is 4.79 Å². The van der Waals surface area contributed by atoms with Crippen LogP contribution in [0.5, 0.6) is 0 Å². The predicted molar refractivity (Wildman–Crippen MR) is 106 cm³/mol. The highest BCUT2D eigenvalue weighted by molar-refractivity contribution is 7.13. The number of halogens is 1. The van der Waals surface area contributed by atoms with Gasteiger partial charge in [0.25, 0.3) is 5.91 Å². The number of amides is 1. The molecule has 0 aliphatic carbocycles. The molecule has 0 fully saturated rings. The zero-order valence-electron chi connectivity index (χ0n) is 14.3. The van der Waals surface area contributed by atoms with Gasteiger partial charge in [0, 0.05) is 16.6 Å². The standard InChI is InChI=1S/C20H19ClN2O2S/c1-14(25-12-15-6-3-2-4-7-15)19(24)22-17-9-5-8-16(10-17)20-23-18(11-21)13-26-20/h2-10,13-14H,11-12H2,1H3,(H,22,24). The lowest BCUT2D eigenvalue weighted by atomic mass is 10.2. The van der Waals surface area contributed by atoms with Gasteiger partial charge in [-0.05, 0) is 24.6 Å². The summed E-state index contributed by atoms with van der Waals surface area (Å²) in [5.41, 5.74) is 3.55. The number of benzene rings is 2. The summed E-state index contributed by atoms with van der Waals surface area (Å²) in [7, 11) is 0. The molecule has 1 aromatic heterocycles. The molecule has 4 nitrogen and oxygen atoms in total. The van der Waals surface area contributed by atoms with E-state index in [0.717, 1.165) is 21.8 Å². The molecule has 1 amide bonds. The van der Waals surface area contributed by atoms with Crippen LogP contribution in [0.4, 0.5) is 5.69 Å². The number of rotatable bonds is 7. The molecule has 26 heavy (non-hydrogen) atoms. The van der Waals surface area contributed by atoms with Crippen molar-refractivity contribution in [3.05, 3.63) is 71.2 Å². The Labute approximate surface area is 161 Å². The third kappa shape index (κ3) is 4.91. The Hall–Kier alpha value is -2.21. The Bertz CT molecular complexity index is 867. The Morgan fingerprint density at radius 3 is 2.77 bits per heavy atom. The van der Waals surface area contributed by atoms with Crippen LogP contribution in [0, 0.1) is 0 Å². The third-order valence-corrected chi connectivity index (χ3v) is 4.99. The highest BCUT2D eigenvalue weighted by Crippen LogP contribution is 2.26. The van der Waals surface area contributed by atoms with Gasteiger partial charge in [0.1, 0.15) is 11.1 Å². The number of hydrogen-bond acceptors (Lipinski definition) is 4. The van der Waals surface area contributed by atoms with Crippen LogP contribution in [0.1, 0.15) is 18.2 Å². The second-order valence-corrected chi connectivity index (χ2v) is 6.91. The number of thiazole rings is 1. The van der Waals surface area contributed by atoms with Crippen LogP contribution in [0.15, 0.2) is 60.0 Å². The number of carbonyl (C=O) groups is 1. The van der Waals surface area contributed by atoms with E-state index in [0.29, 0.717) is 18.2 Å². The molecule has 1 heterocycles. The summed E-state index contributed by atoms with van der Waals surface area (Å²) in [5, 5.41) is 5.71. The number of carbonyl (C=O) groups excluding carboxylic acids is 1. The average Bonchev–Trinajstić information content (AvgIpc) is 3.16. The molecule has 0 spiro atoms. The van der Waals surface area contributed by atoms with Crippen LogP contribution in [0.2, 0.25) is 0 Å². The molecular weight excluding hydrogens is 368 g/mol. The number of nitrogens with one attached hydrogen (secondary N) is 1. The number of nitrogens with zero attached hydrogens (tertiary/aromatic N) is 1. The van der Waals surface area contributed by atoms with Crippen molar-refractivity contribution < 1.29 is 9.53 Å². The first kappa shape index (κ1) is 18.6. The van der Waals surface area contributed by atoms with Crippen LogP contribution in [0.25, 0.3) is 10.6 Å². The van der Waals surface area contributed by atoms with Gasteiger partial charge in [0.2, 0.25) is 0 Å². The van der Waals surface area contributed by atoms with E-state index in [2.05, 4.69) is 10.3 Å². The Morgan fingerprint density at radius 1 is 1.23 bits per heavy atom. The van der Waals surface area contributed by atoms with Crippen molar-refractivity contribution >= 4 is 34.5 Å². The first-order chi connectivity index (χ1) is 12.7. The van der Waals surface area contributed by atoms with E-state index in [1.165, 1.54) is 11.3 Å². The molecule has 1 N–H and O–H groups in total. The molecule has 0 radical (unpaired) electrons. The van der Waals surface area contributed by atoms with Gasteiger partial charge >= 0.3 is 0 Å². The van der Waals surface area contributed by atoms with Gasteiger partial charge in [0.05, 0.1) is 18.2 Å². The molecule has 134 valence electrons. The van der Waals surface area contributed by atoms with E-state index in [1.807, 2.05) is 60.0 Å². The lowest BCUT2D eigenvalue weighted by Crippen LogP contribution is -2.27. The first-order valence-corrected chi connectivity index (χ1v) is 9.64.